The lowest BCUT2D eigenvalue weighted by atomic mass is 10.2. The van der Waals surface area contributed by atoms with Crippen molar-refractivity contribution in [1.29, 1.82) is 0 Å². The number of anilines is 1. The molecule has 1 amide bonds. The highest BCUT2D eigenvalue weighted by Gasteiger charge is 2.27. The van der Waals surface area contributed by atoms with Gasteiger partial charge in [0.1, 0.15) is 6.54 Å². The van der Waals surface area contributed by atoms with E-state index >= 15 is 0 Å². The van der Waals surface area contributed by atoms with E-state index in [1.54, 1.807) is 22.9 Å². The molecule has 1 fully saturated rings. The SMILES string of the molecule is CCNC(=NCCCCCOC)N1CCN(c2cnn(C)c2)C(=O)C1.I. The number of nitrogens with zero attached hydrogens (tertiary/aromatic N) is 5. The van der Waals surface area contributed by atoms with Crippen LogP contribution in [0.5, 0.6) is 0 Å². The molecule has 8 nitrogen and oxygen atoms in total. The van der Waals surface area contributed by atoms with E-state index in [1.807, 2.05) is 25.1 Å². The van der Waals surface area contributed by atoms with Crippen LogP contribution in [0.15, 0.2) is 17.4 Å². The smallest absolute Gasteiger partial charge is 0.246 e. The minimum atomic E-state index is 0. The molecular formula is C17H31IN6O2. The van der Waals surface area contributed by atoms with Gasteiger partial charge in [0.15, 0.2) is 5.96 Å². The quantitative estimate of drug-likeness (QED) is 0.265. The molecule has 1 N–H and O–H groups in total. The zero-order valence-corrected chi connectivity index (χ0v) is 18.3. The van der Waals surface area contributed by atoms with Gasteiger partial charge in [-0.15, -0.1) is 24.0 Å². The number of nitrogens with one attached hydrogen (secondary N) is 1. The van der Waals surface area contributed by atoms with Crippen molar-refractivity contribution >= 4 is 41.5 Å². The zero-order chi connectivity index (χ0) is 18.1. The van der Waals surface area contributed by atoms with Crippen LogP contribution in [0.4, 0.5) is 5.69 Å². The number of aliphatic imine (C=N–C) groups is 1. The number of guanidine groups is 1. The van der Waals surface area contributed by atoms with E-state index in [1.165, 1.54) is 0 Å². The van der Waals surface area contributed by atoms with Crippen LogP contribution in [-0.2, 0) is 16.6 Å². The molecule has 0 bridgehead atoms. The van der Waals surface area contributed by atoms with Crippen LogP contribution in [0, 0.1) is 0 Å². The molecule has 0 aliphatic carbocycles. The first kappa shape index (κ1) is 22.7. The first-order valence-electron chi connectivity index (χ1n) is 8.97. The molecule has 0 aromatic carbocycles. The molecule has 1 aliphatic heterocycles. The Labute approximate surface area is 173 Å². The molecule has 9 heteroatoms. The number of halogens is 1. The highest BCUT2D eigenvalue weighted by molar-refractivity contribution is 14.0. The monoisotopic (exact) mass is 478 g/mol. The molecule has 1 aromatic rings. The van der Waals surface area contributed by atoms with Crippen LogP contribution in [0.2, 0.25) is 0 Å². The maximum atomic E-state index is 12.5. The normalized spacial score (nSPS) is 15.2. The highest BCUT2D eigenvalue weighted by Crippen LogP contribution is 2.16. The van der Waals surface area contributed by atoms with Crippen molar-refractivity contribution in [2.45, 2.75) is 26.2 Å². The molecule has 2 rings (SSSR count). The van der Waals surface area contributed by atoms with Crippen LogP contribution in [-0.4, -0.2) is 73.0 Å². The number of ether oxygens (including phenoxy) is 1. The van der Waals surface area contributed by atoms with Gasteiger partial charge in [-0.1, -0.05) is 0 Å². The van der Waals surface area contributed by atoms with Crippen molar-refractivity contribution in [1.82, 2.24) is 20.0 Å². The van der Waals surface area contributed by atoms with E-state index in [-0.39, 0.29) is 29.9 Å². The van der Waals surface area contributed by atoms with Gasteiger partial charge < -0.3 is 19.9 Å². The Bertz CT molecular complexity index is 577. The van der Waals surface area contributed by atoms with Gasteiger partial charge in [0.2, 0.25) is 5.91 Å². The zero-order valence-electron chi connectivity index (χ0n) is 16.0. The summed E-state index contributed by atoms with van der Waals surface area (Å²) in [5.41, 5.74) is 0.854. The van der Waals surface area contributed by atoms with Gasteiger partial charge in [0.05, 0.1) is 11.9 Å². The van der Waals surface area contributed by atoms with E-state index in [2.05, 4.69) is 15.4 Å². The summed E-state index contributed by atoms with van der Waals surface area (Å²) in [6.45, 7) is 6.14. The molecule has 0 atom stereocenters. The third kappa shape index (κ3) is 6.75. The number of amides is 1. The second kappa shape index (κ2) is 12.1. The molecule has 1 aliphatic rings. The predicted octanol–water partition coefficient (Wildman–Crippen LogP) is 1.47. The first-order chi connectivity index (χ1) is 12.2. The number of methoxy groups -OCH3 is 1. The Kier molecular flexibility index (Phi) is 10.6. The van der Waals surface area contributed by atoms with Gasteiger partial charge in [-0.3, -0.25) is 14.5 Å². The standard InChI is InChI=1S/C17H30N6O2.HI/c1-4-18-17(19-8-6-5-7-11-25-3)22-9-10-23(16(24)14-22)15-12-20-21(2)13-15;/h12-13H,4-11,14H2,1-3H3,(H,18,19);1H. The molecule has 2 heterocycles. The van der Waals surface area contributed by atoms with Crippen molar-refractivity contribution < 1.29 is 9.53 Å². The number of piperazine rings is 1. The topological polar surface area (TPSA) is 75.0 Å². The first-order valence-corrected chi connectivity index (χ1v) is 8.97. The fourth-order valence-corrected chi connectivity index (χ4v) is 2.82. The maximum absolute atomic E-state index is 12.5. The minimum Gasteiger partial charge on any atom is -0.385 e. The molecule has 0 radical (unpaired) electrons. The second-order valence-electron chi connectivity index (χ2n) is 6.13. The summed E-state index contributed by atoms with van der Waals surface area (Å²) in [6.07, 6.45) is 6.79. The summed E-state index contributed by atoms with van der Waals surface area (Å²) in [5.74, 6) is 0.901. The summed E-state index contributed by atoms with van der Waals surface area (Å²) >= 11 is 0. The summed E-state index contributed by atoms with van der Waals surface area (Å²) in [6, 6.07) is 0. The molecule has 26 heavy (non-hydrogen) atoms. The summed E-state index contributed by atoms with van der Waals surface area (Å²) in [7, 11) is 3.58. The summed E-state index contributed by atoms with van der Waals surface area (Å²) < 4.78 is 6.77. The largest absolute Gasteiger partial charge is 0.385 e. The molecular weight excluding hydrogens is 447 g/mol. The Morgan fingerprint density at radius 2 is 2.15 bits per heavy atom. The third-order valence-corrected chi connectivity index (χ3v) is 4.13. The lowest BCUT2D eigenvalue weighted by molar-refractivity contribution is -0.120. The number of unbranched alkanes of at least 4 members (excludes halogenated alkanes) is 2. The molecule has 0 saturated carbocycles. The number of hydrogen-bond acceptors (Lipinski definition) is 4. The Morgan fingerprint density at radius 1 is 1.35 bits per heavy atom. The summed E-state index contributed by atoms with van der Waals surface area (Å²) in [4.78, 5) is 21.0. The highest BCUT2D eigenvalue weighted by atomic mass is 127. The van der Waals surface area contributed by atoms with Gasteiger partial charge in [-0.2, -0.15) is 5.10 Å². The van der Waals surface area contributed by atoms with Crippen molar-refractivity contribution in [2.24, 2.45) is 12.0 Å². The number of carbonyl (C=O) groups is 1. The van der Waals surface area contributed by atoms with Gasteiger partial charge in [0.25, 0.3) is 0 Å². The van der Waals surface area contributed by atoms with Crippen LogP contribution in [0.3, 0.4) is 0 Å². The number of hydrogen-bond donors (Lipinski definition) is 1. The Hall–Kier alpha value is -1.36. The molecule has 0 spiro atoms. The fraction of sp³-hybridized carbons (Fsp3) is 0.706. The number of rotatable bonds is 8. The van der Waals surface area contributed by atoms with Crippen molar-refractivity contribution in [3.05, 3.63) is 12.4 Å². The van der Waals surface area contributed by atoms with E-state index in [4.69, 9.17) is 4.74 Å². The predicted molar refractivity (Wildman–Crippen MR) is 114 cm³/mol. The number of aryl methyl sites for hydroxylation is 1. The lowest BCUT2D eigenvalue weighted by Crippen LogP contribution is -2.55. The second-order valence-corrected chi connectivity index (χ2v) is 6.13. The summed E-state index contributed by atoms with van der Waals surface area (Å²) in [5, 5.41) is 7.44. The van der Waals surface area contributed by atoms with E-state index in [0.29, 0.717) is 13.1 Å². The van der Waals surface area contributed by atoms with Gasteiger partial charge in [0, 0.05) is 53.1 Å². The average molecular weight is 478 g/mol. The number of carbonyl (C=O) groups excluding carboxylic acids is 1. The fourth-order valence-electron chi connectivity index (χ4n) is 2.82. The van der Waals surface area contributed by atoms with Gasteiger partial charge in [-0.05, 0) is 26.2 Å². The maximum Gasteiger partial charge on any atom is 0.246 e. The van der Waals surface area contributed by atoms with Crippen molar-refractivity contribution in [3.8, 4) is 0 Å². The third-order valence-electron chi connectivity index (χ3n) is 4.13. The molecule has 148 valence electrons. The Morgan fingerprint density at radius 3 is 2.77 bits per heavy atom. The lowest BCUT2D eigenvalue weighted by Gasteiger charge is -2.35. The van der Waals surface area contributed by atoms with Crippen molar-refractivity contribution in [2.75, 3.05) is 51.3 Å². The van der Waals surface area contributed by atoms with Gasteiger partial charge in [-0.25, -0.2) is 0 Å². The van der Waals surface area contributed by atoms with Crippen molar-refractivity contribution in [3.63, 3.8) is 0 Å². The molecule has 1 aromatic heterocycles. The van der Waals surface area contributed by atoms with E-state index in [0.717, 1.165) is 57.2 Å². The average Bonchev–Trinajstić information content (AvgIpc) is 3.03. The Balaban J connectivity index is 0.00000338. The molecule has 1 saturated heterocycles. The van der Waals surface area contributed by atoms with Gasteiger partial charge >= 0.3 is 0 Å². The number of aromatic nitrogens is 2. The van der Waals surface area contributed by atoms with Crippen LogP contribution in [0.1, 0.15) is 26.2 Å². The van der Waals surface area contributed by atoms with E-state index < -0.39 is 0 Å². The van der Waals surface area contributed by atoms with Crippen LogP contribution >= 0.6 is 24.0 Å². The minimum absolute atomic E-state index is 0. The molecule has 0 unspecified atom stereocenters. The van der Waals surface area contributed by atoms with Crippen LogP contribution < -0.4 is 10.2 Å². The van der Waals surface area contributed by atoms with Crippen LogP contribution in [0.25, 0.3) is 0 Å². The van der Waals surface area contributed by atoms with E-state index in [9.17, 15) is 4.79 Å².